The van der Waals surface area contributed by atoms with E-state index < -0.39 is 0 Å². The van der Waals surface area contributed by atoms with E-state index in [2.05, 4.69) is 16.5 Å². The van der Waals surface area contributed by atoms with Crippen LogP contribution < -0.4 is 4.74 Å². The molecule has 5 nitrogen and oxygen atoms in total. The number of nitrogens with zero attached hydrogens (tertiary/aromatic N) is 3. The first-order valence-electron chi connectivity index (χ1n) is 9.89. The lowest BCUT2D eigenvalue weighted by Gasteiger charge is -2.42. The molecule has 2 aromatic carbocycles. The number of amides is 1. The summed E-state index contributed by atoms with van der Waals surface area (Å²) in [6.07, 6.45) is 4.82. The van der Waals surface area contributed by atoms with Gasteiger partial charge in [0.15, 0.2) is 0 Å². The quantitative estimate of drug-likeness (QED) is 0.698. The molecule has 28 heavy (non-hydrogen) atoms. The number of ether oxygens (including phenoxy) is 1. The van der Waals surface area contributed by atoms with Crippen molar-refractivity contribution < 1.29 is 9.53 Å². The van der Waals surface area contributed by atoms with E-state index in [1.54, 1.807) is 0 Å². The summed E-state index contributed by atoms with van der Waals surface area (Å²) < 4.78 is 8.24. The van der Waals surface area contributed by atoms with Gasteiger partial charge in [-0.1, -0.05) is 43.3 Å². The second kappa shape index (κ2) is 6.82. The predicted octanol–water partition coefficient (Wildman–Crippen LogP) is 3.84. The Bertz CT molecular complexity index is 974. The third-order valence-electron chi connectivity index (χ3n) is 5.77. The summed E-state index contributed by atoms with van der Waals surface area (Å²) in [4.78, 5) is 19.8. The van der Waals surface area contributed by atoms with E-state index in [0.717, 1.165) is 54.5 Å². The Labute approximate surface area is 164 Å². The van der Waals surface area contributed by atoms with Crippen molar-refractivity contribution in [2.45, 2.75) is 25.8 Å². The molecule has 1 aromatic heterocycles. The van der Waals surface area contributed by atoms with Crippen molar-refractivity contribution in [3.8, 4) is 11.5 Å². The Balaban J connectivity index is 1.35. The van der Waals surface area contributed by atoms with Gasteiger partial charge in [0.05, 0.1) is 5.92 Å². The normalized spacial score (nSPS) is 16.1. The topological polar surface area (TPSA) is 47.4 Å². The average Bonchev–Trinajstić information content (AvgIpc) is 3.15. The Morgan fingerprint density at radius 2 is 1.71 bits per heavy atom. The number of benzene rings is 2. The maximum absolute atomic E-state index is 13.4. The number of aromatic nitrogens is 2. The summed E-state index contributed by atoms with van der Waals surface area (Å²) in [5, 5.41) is 0. The van der Waals surface area contributed by atoms with Crippen molar-refractivity contribution in [1.29, 1.82) is 0 Å². The van der Waals surface area contributed by atoms with Crippen LogP contribution in [0.15, 0.2) is 60.9 Å². The first-order chi connectivity index (χ1) is 13.7. The van der Waals surface area contributed by atoms with Gasteiger partial charge in [-0.15, -0.1) is 0 Å². The number of fused-ring (bicyclic) bond motifs is 2. The van der Waals surface area contributed by atoms with Gasteiger partial charge in [0.2, 0.25) is 5.91 Å². The molecule has 2 aliphatic heterocycles. The molecule has 1 amide bonds. The van der Waals surface area contributed by atoms with E-state index in [-0.39, 0.29) is 11.8 Å². The summed E-state index contributed by atoms with van der Waals surface area (Å²) in [6, 6.07) is 15.7. The minimum absolute atomic E-state index is 0.167. The number of para-hydroxylation sites is 2. The highest BCUT2D eigenvalue weighted by atomic mass is 16.5. The molecule has 5 rings (SSSR count). The molecule has 0 atom stereocenters. The van der Waals surface area contributed by atoms with Crippen molar-refractivity contribution in [2.75, 3.05) is 13.1 Å². The number of hydrogen-bond acceptors (Lipinski definition) is 3. The summed E-state index contributed by atoms with van der Waals surface area (Å²) in [5.41, 5.74) is 1.91. The maximum Gasteiger partial charge on any atom is 0.234 e. The minimum Gasteiger partial charge on any atom is -0.457 e. The molecule has 1 fully saturated rings. The van der Waals surface area contributed by atoms with E-state index >= 15 is 0 Å². The third-order valence-corrected chi connectivity index (χ3v) is 5.77. The highest BCUT2D eigenvalue weighted by Crippen LogP contribution is 2.45. The number of aryl methyl sites for hydroxylation is 1. The fourth-order valence-corrected chi connectivity index (χ4v) is 4.32. The molecule has 0 spiro atoms. The highest BCUT2D eigenvalue weighted by molar-refractivity contribution is 5.90. The van der Waals surface area contributed by atoms with Crippen molar-refractivity contribution in [1.82, 2.24) is 14.5 Å². The second-order valence-electron chi connectivity index (χ2n) is 7.57. The van der Waals surface area contributed by atoms with Gasteiger partial charge in [0, 0.05) is 55.5 Å². The smallest absolute Gasteiger partial charge is 0.234 e. The molecule has 3 heterocycles. The first-order valence-corrected chi connectivity index (χ1v) is 9.89. The van der Waals surface area contributed by atoms with Gasteiger partial charge in [0.25, 0.3) is 0 Å². The fraction of sp³-hybridized carbons (Fsp3) is 0.304. The summed E-state index contributed by atoms with van der Waals surface area (Å²) in [5.74, 6) is 3.03. The Morgan fingerprint density at radius 1 is 1.07 bits per heavy atom. The van der Waals surface area contributed by atoms with Crippen LogP contribution in [0.2, 0.25) is 0 Å². The van der Waals surface area contributed by atoms with Gasteiger partial charge >= 0.3 is 0 Å². The van der Waals surface area contributed by atoms with Crippen molar-refractivity contribution in [2.24, 2.45) is 5.92 Å². The van der Waals surface area contributed by atoms with E-state index in [1.807, 2.05) is 65.8 Å². The Hall–Kier alpha value is -3.08. The van der Waals surface area contributed by atoms with Crippen LogP contribution in [0.5, 0.6) is 11.5 Å². The highest BCUT2D eigenvalue weighted by Gasteiger charge is 2.39. The molecule has 1 saturated heterocycles. The van der Waals surface area contributed by atoms with Gasteiger partial charge in [-0.3, -0.25) is 4.79 Å². The molecule has 0 unspecified atom stereocenters. The molecular formula is C23H23N3O2. The van der Waals surface area contributed by atoms with Crippen LogP contribution in [-0.4, -0.2) is 33.4 Å². The van der Waals surface area contributed by atoms with E-state index in [1.165, 1.54) is 0 Å². The zero-order valence-electron chi connectivity index (χ0n) is 15.9. The maximum atomic E-state index is 13.4. The summed E-state index contributed by atoms with van der Waals surface area (Å²) in [6.45, 7) is 4.63. The lowest BCUT2D eigenvalue weighted by Crippen LogP contribution is -2.53. The van der Waals surface area contributed by atoms with E-state index in [4.69, 9.17) is 4.74 Å². The third kappa shape index (κ3) is 2.78. The van der Waals surface area contributed by atoms with Gasteiger partial charge in [0.1, 0.15) is 17.3 Å². The number of carbonyl (C=O) groups is 1. The van der Waals surface area contributed by atoms with E-state index in [0.29, 0.717) is 5.92 Å². The number of hydrogen-bond donors (Lipinski definition) is 0. The SMILES string of the molecule is CCc1nccn1CC1CN(C(=O)C2c3ccccc3Oc3ccccc32)C1. The van der Waals surface area contributed by atoms with Gasteiger partial charge in [-0.05, 0) is 12.1 Å². The summed E-state index contributed by atoms with van der Waals surface area (Å²) >= 11 is 0. The monoisotopic (exact) mass is 373 g/mol. The van der Waals surface area contributed by atoms with Crippen LogP contribution in [0.3, 0.4) is 0 Å². The van der Waals surface area contributed by atoms with E-state index in [9.17, 15) is 4.79 Å². The molecule has 0 bridgehead atoms. The Kier molecular flexibility index (Phi) is 4.15. The van der Waals surface area contributed by atoms with Crippen LogP contribution >= 0.6 is 0 Å². The largest absolute Gasteiger partial charge is 0.457 e. The molecule has 3 aromatic rings. The predicted molar refractivity (Wildman–Crippen MR) is 106 cm³/mol. The fourth-order valence-electron chi connectivity index (χ4n) is 4.32. The average molecular weight is 373 g/mol. The van der Waals surface area contributed by atoms with Gasteiger partial charge in [-0.2, -0.15) is 0 Å². The number of carbonyl (C=O) groups excluding carboxylic acids is 1. The van der Waals surface area contributed by atoms with Crippen LogP contribution in [0.4, 0.5) is 0 Å². The lowest BCUT2D eigenvalue weighted by atomic mass is 9.85. The summed E-state index contributed by atoms with van der Waals surface area (Å²) in [7, 11) is 0. The molecule has 0 aliphatic carbocycles. The minimum atomic E-state index is -0.290. The first kappa shape index (κ1) is 17.0. The molecule has 0 saturated carbocycles. The standard InChI is InChI=1S/C23H23N3O2/c1-2-21-24-11-12-25(21)13-16-14-26(15-16)23(27)22-17-7-3-5-9-19(17)28-20-10-6-4-8-18(20)22/h3-12,16,22H,2,13-15H2,1H3. The molecule has 142 valence electrons. The molecule has 0 radical (unpaired) electrons. The van der Waals surface area contributed by atoms with Crippen LogP contribution in [0.1, 0.15) is 29.8 Å². The number of rotatable bonds is 4. The number of likely N-dealkylation sites (tertiary alicyclic amines) is 1. The van der Waals surface area contributed by atoms with Crippen LogP contribution in [0, 0.1) is 5.92 Å². The van der Waals surface area contributed by atoms with Crippen molar-refractivity contribution >= 4 is 5.91 Å². The second-order valence-corrected chi connectivity index (χ2v) is 7.57. The van der Waals surface area contributed by atoms with Crippen molar-refractivity contribution in [3.63, 3.8) is 0 Å². The molecule has 2 aliphatic rings. The number of imidazole rings is 1. The zero-order valence-corrected chi connectivity index (χ0v) is 15.9. The van der Waals surface area contributed by atoms with Crippen LogP contribution in [0.25, 0.3) is 0 Å². The van der Waals surface area contributed by atoms with Gasteiger partial charge < -0.3 is 14.2 Å². The lowest BCUT2D eigenvalue weighted by molar-refractivity contribution is -0.138. The van der Waals surface area contributed by atoms with Gasteiger partial charge in [-0.25, -0.2) is 4.98 Å². The molecule has 0 N–H and O–H groups in total. The molecule has 5 heteroatoms. The van der Waals surface area contributed by atoms with Crippen molar-refractivity contribution in [3.05, 3.63) is 77.9 Å². The van der Waals surface area contributed by atoms with Crippen LogP contribution in [-0.2, 0) is 17.8 Å². The zero-order chi connectivity index (χ0) is 19.1. The Morgan fingerprint density at radius 3 is 2.36 bits per heavy atom. The molecular weight excluding hydrogens is 350 g/mol.